The summed E-state index contributed by atoms with van der Waals surface area (Å²) in [5, 5.41) is 2.83. The first-order chi connectivity index (χ1) is 17.6. The van der Waals surface area contributed by atoms with Gasteiger partial charge in [0, 0.05) is 29.2 Å². The van der Waals surface area contributed by atoms with Crippen molar-refractivity contribution in [3.8, 4) is 0 Å². The molecule has 36 heavy (non-hydrogen) atoms. The molecule has 176 valence electrons. The second kappa shape index (κ2) is 9.13. The molecule has 1 saturated heterocycles. The van der Waals surface area contributed by atoms with Gasteiger partial charge in [0.2, 0.25) is 0 Å². The highest BCUT2D eigenvalue weighted by molar-refractivity contribution is 8.18. The first-order valence-electron chi connectivity index (χ1n) is 11.6. The Morgan fingerprint density at radius 2 is 1.50 bits per heavy atom. The van der Waals surface area contributed by atoms with Gasteiger partial charge < -0.3 is 4.57 Å². The van der Waals surface area contributed by atoms with Crippen molar-refractivity contribution < 1.29 is 14.0 Å². The van der Waals surface area contributed by atoms with E-state index in [0.717, 1.165) is 50.1 Å². The summed E-state index contributed by atoms with van der Waals surface area (Å²) in [6.45, 7) is 0.798. The molecule has 6 heteroatoms. The Balaban J connectivity index is 1.32. The highest BCUT2D eigenvalue weighted by Gasteiger charge is 2.35. The van der Waals surface area contributed by atoms with Gasteiger partial charge in [-0.25, -0.2) is 4.39 Å². The van der Waals surface area contributed by atoms with Crippen LogP contribution in [0.1, 0.15) is 16.7 Å². The minimum absolute atomic E-state index is 0.232. The summed E-state index contributed by atoms with van der Waals surface area (Å²) in [5.74, 6) is -0.552. The molecule has 5 aromatic rings. The van der Waals surface area contributed by atoms with E-state index in [1.54, 1.807) is 18.2 Å². The number of amides is 2. The van der Waals surface area contributed by atoms with E-state index in [1.165, 1.54) is 17.0 Å². The lowest BCUT2D eigenvalue weighted by Crippen LogP contribution is -2.27. The van der Waals surface area contributed by atoms with Crippen molar-refractivity contribution in [2.75, 3.05) is 0 Å². The van der Waals surface area contributed by atoms with Gasteiger partial charge in [-0.1, -0.05) is 72.8 Å². The molecule has 0 radical (unpaired) electrons. The normalized spacial score (nSPS) is 15.0. The molecular formula is C30H21FN2O2S. The number of hydrogen-bond acceptors (Lipinski definition) is 3. The number of aromatic nitrogens is 1. The summed E-state index contributed by atoms with van der Waals surface area (Å²) in [7, 11) is 0. The van der Waals surface area contributed by atoms with Crippen LogP contribution in [0.25, 0.3) is 27.8 Å². The lowest BCUT2D eigenvalue weighted by atomic mass is 10.0. The number of imide groups is 1. The minimum atomic E-state index is -0.284. The Kier molecular flexibility index (Phi) is 5.66. The van der Waals surface area contributed by atoms with Crippen molar-refractivity contribution in [1.82, 2.24) is 9.47 Å². The highest BCUT2D eigenvalue weighted by atomic mass is 32.2. The summed E-state index contributed by atoms with van der Waals surface area (Å²) in [4.78, 5) is 27.9. The van der Waals surface area contributed by atoms with Crippen LogP contribution in [0.3, 0.4) is 0 Å². The average Bonchev–Trinajstić information content (AvgIpc) is 3.37. The topological polar surface area (TPSA) is 42.3 Å². The summed E-state index contributed by atoms with van der Waals surface area (Å²) >= 11 is 0.972. The molecular weight excluding hydrogens is 471 g/mol. The van der Waals surface area contributed by atoms with Gasteiger partial charge in [-0.05, 0) is 57.9 Å². The fraction of sp³-hybridized carbons (Fsp3) is 0.0667. The molecule has 4 aromatic carbocycles. The minimum Gasteiger partial charge on any atom is -0.342 e. The van der Waals surface area contributed by atoms with E-state index in [1.807, 2.05) is 72.9 Å². The fourth-order valence-electron chi connectivity index (χ4n) is 4.69. The highest BCUT2D eigenvalue weighted by Crippen LogP contribution is 2.36. The third-order valence-electron chi connectivity index (χ3n) is 6.45. The summed E-state index contributed by atoms with van der Waals surface area (Å²) in [6.07, 6.45) is 3.78. The van der Waals surface area contributed by atoms with Crippen LogP contribution in [0.15, 0.2) is 102 Å². The number of hydrogen-bond donors (Lipinski definition) is 0. The largest absolute Gasteiger partial charge is 0.342 e. The van der Waals surface area contributed by atoms with Crippen molar-refractivity contribution in [3.05, 3.63) is 125 Å². The molecule has 1 aromatic heterocycles. The van der Waals surface area contributed by atoms with Crippen LogP contribution in [0.2, 0.25) is 0 Å². The SMILES string of the molecule is O=C1S/C(=C/c2cn(Cc3ccc(F)cc3)c3ccccc23)C(=O)N1Cc1cccc2ccccc12. The second-order valence-electron chi connectivity index (χ2n) is 8.76. The van der Waals surface area contributed by atoms with Crippen molar-refractivity contribution in [2.24, 2.45) is 0 Å². The van der Waals surface area contributed by atoms with Gasteiger partial charge in [-0.15, -0.1) is 0 Å². The maximum atomic E-state index is 13.3. The quantitative estimate of drug-likeness (QED) is 0.243. The molecule has 1 aliphatic heterocycles. The lowest BCUT2D eigenvalue weighted by Gasteiger charge is -2.14. The number of nitrogens with zero attached hydrogens (tertiary/aromatic N) is 2. The van der Waals surface area contributed by atoms with E-state index in [-0.39, 0.29) is 23.5 Å². The Morgan fingerprint density at radius 3 is 2.33 bits per heavy atom. The van der Waals surface area contributed by atoms with Crippen molar-refractivity contribution in [1.29, 1.82) is 0 Å². The molecule has 0 atom stereocenters. The maximum absolute atomic E-state index is 13.3. The van der Waals surface area contributed by atoms with Crippen LogP contribution >= 0.6 is 11.8 Å². The van der Waals surface area contributed by atoms with Gasteiger partial charge in [-0.2, -0.15) is 0 Å². The molecule has 0 aliphatic carbocycles. The van der Waals surface area contributed by atoms with Gasteiger partial charge in [0.25, 0.3) is 11.1 Å². The summed E-state index contributed by atoms with van der Waals surface area (Å²) in [6, 6.07) is 28.3. The number of thioether (sulfide) groups is 1. The Bertz CT molecular complexity index is 1660. The molecule has 6 rings (SSSR count). The lowest BCUT2D eigenvalue weighted by molar-refractivity contribution is -0.123. The Hall–Kier alpha value is -4.16. The molecule has 0 spiro atoms. The number of carbonyl (C=O) groups is 2. The first-order valence-corrected chi connectivity index (χ1v) is 12.4. The van der Waals surface area contributed by atoms with E-state index in [9.17, 15) is 14.0 Å². The number of benzene rings is 4. The predicted octanol–water partition coefficient (Wildman–Crippen LogP) is 7.22. The van der Waals surface area contributed by atoms with Crippen molar-refractivity contribution in [2.45, 2.75) is 13.1 Å². The average molecular weight is 493 g/mol. The molecule has 2 amide bonds. The van der Waals surface area contributed by atoms with Crippen LogP contribution in [-0.4, -0.2) is 20.6 Å². The fourth-order valence-corrected chi connectivity index (χ4v) is 5.51. The summed E-state index contributed by atoms with van der Waals surface area (Å²) < 4.78 is 15.4. The van der Waals surface area contributed by atoms with Crippen LogP contribution in [0.5, 0.6) is 0 Å². The zero-order chi connectivity index (χ0) is 24.6. The summed E-state index contributed by atoms with van der Waals surface area (Å²) in [5.41, 5.74) is 3.78. The third kappa shape index (κ3) is 4.10. The van der Waals surface area contributed by atoms with Crippen molar-refractivity contribution in [3.63, 3.8) is 0 Å². The first kappa shape index (κ1) is 22.3. The van der Waals surface area contributed by atoms with Gasteiger partial charge in [-0.3, -0.25) is 14.5 Å². The molecule has 4 nitrogen and oxygen atoms in total. The number of halogens is 1. The Morgan fingerprint density at radius 1 is 0.778 bits per heavy atom. The molecule has 1 fully saturated rings. The third-order valence-corrected chi connectivity index (χ3v) is 7.36. The second-order valence-corrected chi connectivity index (χ2v) is 9.76. The zero-order valence-electron chi connectivity index (χ0n) is 19.2. The van der Waals surface area contributed by atoms with E-state index in [4.69, 9.17) is 0 Å². The van der Waals surface area contributed by atoms with E-state index < -0.39 is 0 Å². The molecule has 2 heterocycles. The predicted molar refractivity (Wildman–Crippen MR) is 143 cm³/mol. The number of rotatable bonds is 5. The monoisotopic (exact) mass is 492 g/mol. The zero-order valence-corrected chi connectivity index (χ0v) is 20.0. The van der Waals surface area contributed by atoms with Crippen molar-refractivity contribution >= 4 is 50.7 Å². The van der Waals surface area contributed by atoms with Crippen LogP contribution in [0.4, 0.5) is 9.18 Å². The maximum Gasteiger partial charge on any atom is 0.293 e. The van der Waals surface area contributed by atoms with Gasteiger partial charge in [0.05, 0.1) is 11.4 Å². The standard InChI is InChI=1S/C30H21FN2O2S/c31-24-14-12-20(13-15-24)17-32-18-23(26-10-3-4-11-27(26)32)16-28-29(34)33(30(35)36-28)19-22-8-5-7-21-6-1-2-9-25(21)22/h1-16,18H,17,19H2/b28-16+. The smallest absolute Gasteiger partial charge is 0.293 e. The van der Waals surface area contributed by atoms with Gasteiger partial charge in [0.15, 0.2) is 0 Å². The van der Waals surface area contributed by atoms with Gasteiger partial charge in [0.1, 0.15) is 5.82 Å². The molecule has 0 unspecified atom stereocenters. The van der Waals surface area contributed by atoms with Crippen LogP contribution in [0, 0.1) is 5.82 Å². The van der Waals surface area contributed by atoms with Gasteiger partial charge >= 0.3 is 0 Å². The Labute approximate surface area is 211 Å². The van der Waals surface area contributed by atoms with Crippen LogP contribution < -0.4 is 0 Å². The van der Waals surface area contributed by atoms with E-state index in [0.29, 0.717) is 11.4 Å². The van der Waals surface area contributed by atoms with E-state index in [2.05, 4.69) is 4.57 Å². The number of fused-ring (bicyclic) bond motifs is 2. The number of carbonyl (C=O) groups excluding carboxylic acids is 2. The van der Waals surface area contributed by atoms with Crippen LogP contribution in [-0.2, 0) is 17.9 Å². The molecule has 0 N–H and O–H groups in total. The molecule has 0 bridgehead atoms. The van der Waals surface area contributed by atoms with E-state index >= 15 is 0 Å². The molecule has 1 aliphatic rings. The number of para-hydroxylation sites is 1. The molecule has 0 saturated carbocycles.